The van der Waals surface area contributed by atoms with E-state index in [-0.39, 0.29) is 6.10 Å². The fourth-order valence-corrected chi connectivity index (χ4v) is 3.46. The summed E-state index contributed by atoms with van der Waals surface area (Å²) in [5.74, 6) is 2.52. The van der Waals surface area contributed by atoms with Crippen LogP contribution in [0.1, 0.15) is 18.4 Å². The second-order valence-electron chi connectivity index (χ2n) is 6.84. The maximum atomic E-state index is 9.76. The van der Waals surface area contributed by atoms with Crippen molar-refractivity contribution < 1.29 is 9.84 Å². The van der Waals surface area contributed by atoms with Crippen LogP contribution in [0.25, 0.3) is 10.8 Å². The van der Waals surface area contributed by atoms with Gasteiger partial charge in [-0.3, -0.25) is 0 Å². The number of nitrogens with zero attached hydrogens (tertiary/aromatic N) is 3. The minimum atomic E-state index is -0.203. The summed E-state index contributed by atoms with van der Waals surface area (Å²) in [6.07, 6.45) is 1.34. The highest BCUT2D eigenvalue weighted by Crippen LogP contribution is 2.30. The summed E-state index contributed by atoms with van der Waals surface area (Å²) in [6.45, 7) is 2.27. The fourth-order valence-electron chi connectivity index (χ4n) is 3.46. The van der Waals surface area contributed by atoms with Gasteiger partial charge in [0.1, 0.15) is 5.75 Å². The molecule has 1 saturated heterocycles. The molecule has 2 aromatic carbocycles. The number of fused-ring (bicyclic) bond motifs is 1. The first-order valence-corrected chi connectivity index (χ1v) is 9.30. The number of hydrogen-bond acceptors (Lipinski definition) is 6. The molecule has 140 valence electrons. The number of aliphatic hydroxyl groups excluding tert-OH is 1. The van der Waals surface area contributed by atoms with Crippen molar-refractivity contribution in [3.63, 3.8) is 0 Å². The minimum absolute atomic E-state index is 0.203. The Morgan fingerprint density at radius 2 is 1.74 bits per heavy atom. The van der Waals surface area contributed by atoms with Gasteiger partial charge in [0, 0.05) is 30.4 Å². The molecule has 1 fully saturated rings. The van der Waals surface area contributed by atoms with Crippen LogP contribution in [0.15, 0.2) is 48.5 Å². The normalized spacial score (nSPS) is 15.1. The average Bonchev–Trinajstić information content (AvgIpc) is 2.73. The molecule has 2 heterocycles. The maximum Gasteiger partial charge on any atom is 0.159 e. The molecule has 6 heteroatoms. The lowest BCUT2D eigenvalue weighted by Gasteiger charge is -2.31. The van der Waals surface area contributed by atoms with Gasteiger partial charge in [0.05, 0.1) is 13.2 Å². The van der Waals surface area contributed by atoms with E-state index in [4.69, 9.17) is 4.74 Å². The largest absolute Gasteiger partial charge is 0.497 e. The minimum Gasteiger partial charge on any atom is -0.497 e. The molecule has 0 amide bonds. The molecule has 0 bridgehead atoms. The lowest BCUT2D eigenvalue weighted by molar-refractivity contribution is 0.145. The van der Waals surface area contributed by atoms with E-state index < -0.39 is 0 Å². The molecule has 1 aromatic heterocycles. The van der Waals surface area contributed by atoms with Crippen molar-refractivity contribution in [2.45, 2.75) is 25.5 Å². The van der Waals surface area contributed by atoms with Crippen molar-refractivity contribution in [1.82, 2.24) is 10.2 Å². The van der Waals surface area contributed by atoms with Crippen LogP contribution in [0.5, 0.6) is 5.75 Å². The number of methoxy groups -OCH3 is 1. The second-order valence-corrected chi connectivity index (χ2v) is 6.84. The summed E-state index contributed by atoms with van der Waals surface area (Å²) >= 11 is 0. The standard InChI is InChI=1S/C21H24N4O2/c1-27-17-8-6-15(7-9-17)14-22-20-18-4-2-3-5-19(18)21(24-23-20)25-12-10-16(26)11-13-25/h2-9,16,26H,10-14H2,1H3,(H,22,23). The van der Waals surface area contributed by atoms with E-state index in [1.165, 1.54) is 0 Å². The highest BCUT2D eigenvalue weighted by atomic mass is 16.5. The first-order valence-electron chi connectivity index (χ1n) is 9.30. The second kappa shape index (κ2) is 7.80. The number of piperidine rings is 1. The van der Waals surface area contributed by atoms with Crippen molar-refractivity contribution >= 4 is 22.4 Å². The lowest BCUT2D eigenvalue weighted by atomic mass is 10.1. The fraction of sp³-hybridized carbons (Fsp3) is 0.333. The SMILES string of the molecule is COc1ccc(CNc2nnc(N3CCC(O)CC3)c3ccccc23)cc1. The van der Waals surface area contributed by atoms with Crippen molar-refractivity contribution in [3.8, 4) is 5.75 Å². The number of aromatic nitrogens is 2. The van der Waals surface area contributed by atoms with Crippen LogP contribution in [0.4, 0.5) is 11.6 Å². The molecule has 0 unspecified atom stereocenters. The Balaban J connectivity index is 1.57. The van der Waals surface area contributed by atoms with Gasteiger partial charge in [0.25, 0.3) is 0 Å². The number of aliphatic hydroxyl groups is 1. The summed E-state index contributed by atoms with van der Waals surface area (Å²) in [5, 5.41) is 24.3. The van der Waals surface area contributed by atoms with E-state index in [0.29, 0.717) is 6.54 Å². The van der Waals surface area contributed by atoms with Crippen LogP contribution in [-0.2, 0) is 6.54 Å². The first-order chi connectivity index (χ1) is 13.2. The first kappa shape index (κ1) is 17.5. The molecular formula is C21H24N4O2. The zero-order valence-electron chi connectivity index (χ0n) is 15.4. The number of anilines is 2. The summed E-state index contributed by atoms with van der Waals surface area (Å²) in [4.78, 5) is 2.22. The molecule has 0 spiro atoms. The van der Waals surface area contributed by atoms with Gasteiger partial charge in [-0.15, -0.1) is 10.2 Å². The molecule has 1 aliphatic heterocycles. The van der Waals surface area contributed by atoms with Gasteiger partial charge < -0.3 is 20.1 Å². The molecule has 0 radical (unpaired) electrons. The smallest absolute Gasteiger partial charge is 0.159 e. The topological polar surface area (TPSA) is 70.5 Å². The Morgan fingerprint density at radius 3 is 2.44 bits per heavy atom. The van der Waals surface area contributed by atoms with Gasteiger partial charge >= 0.3 is 0 Å². The van der Waals surface area contributed by atoms with Gasteiger partial charge in [0.2, 0.25) is 0 Å². The van der Waals surface area contributed by atoms with E-state index in [0.717, 1.165) is 59.7 Å². The van der Waals surface area contributed by atoms with E-state index in [1.54, 1.807) is 7.11 Å². The molecule has 27 heavy (non-hydrogen) atoms. The Bertz CT molecular complexity index is 906. The third-order valence-electron chi connectivity index (χ3n) is 5.05. The molecule has 3 aromatic rings. The molecule has 0 atom stereocenters. The summed E-state index contributed by atoms with van der Waals surface area (Å²) in [5.41, 5.74) is 1.15. The zero-order valence-corrected chi connectivity index (χ0v) is 15.4. The van der Waals surface area contributed by atoms with Gasteiger partial charge in [-0.1, -0.05) is 36.4 Å². The number of ether oxygens (including phenoxy) is 1. The Morgan fingerprint density at radius 1 is 1.04 bits per heavy atom. The van der Waals surface area contributed by atoms with E-state index >= 15 is 0 Å². The van der Waals surface area contributed by atoms with Crippen molar-refractivity contribution in [2.75, 3.05) is 30.4 Å². The lowest BCUT2D eigenvalue weighted by Crippen LogP contribution is -2.36. The molecule has 0 aliphatic carbocycles. The van der Waals surface area contributed by atoms with Gasteiger partial charge in [-0.25, -0.2) is 0 Å². The van der Waals surface area contributed by atoms with Crippen LogP contribution in [0, 0.1) is 0 Å². The van der Waals surface area contributed by atoms with Crippen molar-refractivity contribution in [1.29, 1.82) is 0 Å². The quantitative estimate of drug-likeness (QED) is 0.724. The van der Waals surface area contributed by atoms with Crippen LogP contribution >= 0.6 is 0 Å². The number of nitrogens with one attached hydrogen (secondary N) is 1. The number of rotatable bonds is 5. The summed E-state index contributed by atoms with van der Waals surface area (Å²) < 4.78 is 5.20. The summed E-state index contributed by atoms with van der Waals surface area (Å²) in [7, 11) is 1.67. The molecular weight excluding hydrogens is 340 g/mol. The Hall–Kier alpha value is -2.86. The van der Waals surface area contributed by atoms with E-state index in [2.05, 4.69) is 32.5 Å². The molecule has 1 aliphatic rings. The van der Waals surface area contributed by atoms with Crippen LogP contribution in [0.3, 0.4) is 0 Å². The average molecular weight is 364 g/mol. The maximum absolute atomic E-state index is 9.76. The predicted octanol–water partition coefficient (Wildman–Crippen LogP) is 3.21. The molecule has 2 N–H and O–H groups in total. The van der Waals surface area contributed by atoms with Gasteiger partial charge in [-0.05, 0) is 30.5 Å². The molecule has 0 saturated carbocycles. The van der Waals surface area contributed by atoms with Crippen molar-refractivity contribution in [3.05, 3.63) is 54.1 Å². The van der Waals surface area contributed by atoms with Crippen LogP contribution in [0.2, 0.25) is 0 Å². The molecule has 4 rings (SSSR count). The third kappa shape index (κ3) is 3.80. The number of hydrogen-bond donors (Lipinski definition) is 2. The van der Waals surface area contributed by atoms with Crippen LogP contribution in [-0.4, -0.2) is 41.6 Å². The number of benzene rings is 2. The summed E-state index contributed by atoms with van der Waals surface area (Å²) in [6, 6.07) is 16.2. The Labute approximate surface area is 158 Å². The monoisotopic (exact) mass is 364 g/mol. The highest BCUT2D eigenvalue weighted by Gasteiger charge is 2.21. The molecule has 6 nitrogen and oxygen atoms in total. The van der Waals surface area contributed by atoms with Crippen molar-refractivity contribution in [2.24, 2.45) is 0 Å². The zero-order chi connectivity index (χ0) is 18.6. The highest BCUT2D eigenvalue weighted by molar-refractivity contribution is 5.98. The van der Waals surface area contributed by atoms with E-state index in [1.807, 2.05) is 36.4 Å². The predicted molar refractivity (Wildman–Crippen MR) is 107 cm³/mol. The third-order valence-corrected chi connectivity index (χ3v) is 5.05. The Kier molecular flexibility index (Phi) is 5.07. The van der Waals surface area contributed by atoms with Gasteiger partial charge in [-0.2, -0.15) is 0 Å². The van der Waals surface area contributed by atoms with Gasteiger partial charge in [0.15, 0.2) is 11.6 Å². The van der Waals surface area contributed by atoms with E-state index in [9.17, 15) is 5.11 Å². The van der Waals surface area contributed by atoms with Crippen LogP contribution < -0.4 is 15.0 Å².